The number of thioether (sulfide) groups is 1. The number of nitrogens with zero attached hydrogens (tertiary/aromatic N) is 3. The van der Waals surface area contributed by atoms with Crippen LogP contribution < -0.4 is 0 Å². The zero-order valence-corrected chi connectivity index (χ0v) is 15.1. The first kappa shape index (κ1) is 16.5. The molecular weight excluding hydrogens is 326 g/mol. The summed E-state index contributed by atoms with van der Waals surface area (Å²) in [6.45, 7) is 4.80. The number of benzene rings is 1. The zero-order valence-electron chi connectivity index (χ0n) is 13.4. The highest BCUT2D eigenvalue weighted by molar-refractivity contribution is 8.01. The lowest BCUT2D eigenvalue weighted by molar-refractivity contribution is -0.131. The van der Waals surface area contributed by atoms with Gasteiger partial charge < -0.3 is 4.90 Å². The zero-order chi connectivity index (χ0) is 16.2. The van der Waals surface area contributed by atoms with E-state index in [1.165, 1.54) is 30.2 Å². The minimum Gasteiger partial charge on any atom is -0.335 e. The predicted octanol–water partition coefficient (Wildman–Crippen LogP) is 3.77. The van der Waals surface area contributed by atoms with E-state index in [0.717, 1.165) is 9.35 Å². The van der Waals surface area contributed by atoms with E-state index in [9.17, 15) is 4.79 Å². The molecule has 2 aromatic rings. The number of aromatic nitrogens is 2. The summed E-state index contributed by atoms with van der Waals surface area (Å²) in [7, 11) is 0. The van der Waals surface area contributed by atoms with Gasteiger partial charge in [-0.2, -0.15) is 0 Å². The van der Waals surface area contributed by atoms with Crippen molar-refractivity contribution < 1.29 is 4.79 Å². The predicted molar refractivity (Wildman–Crippen MR) is 94.5 cm³/mol. The fourth-order valence-corrected chi connectivity index (χ4v) is 4.32. The Morgan fingerprint density at radius 3 is 2.70 bits per heavy atom. The van der Waals surface area contributed by atoms with E-state index in [0.29, 0.717) is 24.3 Å². The van der Waals surface area contributed by atoms with Gasteiger partial charge in [-0.05, 0) is 38.2 Å². The van der Waals surface area contributed by atoms with E-state index in [4.69, 9.17) is 0 Å². The Bertz CT molecular complexity index is 655. The summed E-state index contributed by atoms with van der Waals surface area (Å²) in [6, 6.07) is 10.5. The Labute approximate surface area is 145 Å². The first-order chi connectivity index (χ1) is 11.1. The summed E-state index contributed by atoms with van der Waals surface area (Å²) >= 11 is 3.03. The Kier molecular flexibility index (Phi) is 5.33. The highest BCUT2D eigenvalue weighted by Gasteiger charge is 2.34. The smallest absolute Gasteiger partial charge is 0.233 e. The van der Waals surface area contributed by atoms with Gasteiger partial charge in [0.2, 0.25) is 5.91 Å². The van der Waals surface area contributed by atoms with Crippen molar-refractivity contribution in [3.8, 4) is 0 Å². The van der Waals surface area contributed by atoms with Gasteiger partial charge in [-0.15, -0.1) is 10.2 Å². The molecule has 1 heterocycles. The number of rotatable bonds is 7. The van der Waals surface area contributed by atoms with Crippen molar-refractivity contribution >= 4 is 29.0 Å². The van der Waals surface area contributed by atoms with Crippen molar-refractivity contribution in [3.05, 3.63) is 40.9 Å². The first-order valence-electron chi connectivity index (χ1n) is 7.90. The molecule has 1 aliphatic carbocycles. The number of carbonyl (C=O) groups excluding carboxylic acids is 1. The molecule has 1 amide bonds. The highest BCUT2D eigenvalue weighted by Crippen LogP contribution is 2.36. The molecule has 0 saturated heterocycles. The summed E-state index contributed by atoms with van der Waals surface area (Å²) < 4.78 is 0.870. The van der Waals surface area contributed by atoms with Crippen molar-refractivity contribution in [3.63, 3.8) is 0 Å². The second-order valence-electron chi connectivity index (χ2n) is 5.96. The van der Waals surface area contributed by atoms with E-state index >= 15 is 0 Å². The molecule has 0 radical (unpaired) electrons. The van der Waals surface area contributed by atoms with Crippen LogP contribution in [-0.4, -0.2) is 32.8 Å². The van der Waals surface area contributed by atoms with Crippen LogP contribution in [0.2, 0.25) is 0 Å². The molecule has 0 spiro atoms. The molecule has 122 valence electrons. The quantitative estimate of drug-likeness (QED) is 0.715. The molecule has 1 aromatic carbocycles. The van der Waals surface area contributed by atoms with Crippen molar-refractivity contribution in [1.29, 1.82) is 0 Å². The van der Waals surface area contributed by atoms with E-state index in [1.54, 1.807) is 11.3 Å². The van der Waals surface area contributed by atoms with Crippen LogP contribution in [0, 0.1) is 12.8 Å². The van der Waals surface area contributed by atoms with Gasteiger partial charge in [-0.25, -0.2) is 0 Å². The molecule has 1 fully saturated rings. The van der Waals surface area contributed by atoms with Crippen LogP contribution in [0.5, 0.6) is 0 Å². The molecule has 1 saturated carbocycles. The summed E-state index contributed by atoms with van der Waals surface area (Å²) in [5, 5.41) is 9.02. The standard InChI is InChI=1S/C17H21N3OS2/c1-12(15-8-9-15)20(10-14-6-4-3-5-7-14)16(21)11-22-17-19-18-13(2)23-17/h3-7,12,15H,8-11H2,1-2H3. The molecule has 0 N–H and O–H groups in total. The van der Waals surface area contributed by atoms with Gasteiger partial charge in [0.05, 0.1) is 5.75 Å². The van der Waals surface area contributed by atoms with Gasteiger partial charge in [0, 0.05) is 12.6 Å². The molecule has 1 unspecified atom stereocenters. The number of amides is 1. The second-order valence-corrected chi connectivity index (χ2v) is 8.37. The number of hydrogen-bond acceptors (Lipinski definition) is 5. The van der Waals surface area contributed by atoms with E-state index in [2.05, 4.69) is 29.3 Å². The minimum atomic E-state index is 0.186. The maximum Gasteiger partial charge on any atom is 0.233 e. The monoisotopic (exact) mass is 347 g/mol. The maximum atomic E-state index is 12.8. The molecule has 0 bridgehead atoms. The van der Waals surface area contributed by atoms with Crippen LogP contribution in [0.4, 0.5) is 0 Å². The van der Waals surface area contributed by atoms with Crippen LogP contribution in [0.3, 0.4) is 0 Å². The Balaban J connectivity index is 1.65. The molecule has 6 heteroatoms. The summed E-state index contributed by atoms with van der Waals surface area (Å²) in [4.78, 5) is 14.8. The molecule has 23 heavy (non-hydrogen) atoms. The van der Waals surface area contributed by atoms with Crippen molar-refractivity contribution in [2.45, 2.75) is 43.6 Å². The minimum absolute atomic E-state index is 0.186. The summed E-state index contributed by atoms with van der Waals surface area (Å²) in [5.41, 5.74) is 1.19. The summed E-state index contributed by atoms with van der Waals surface area (Å²) in [6.07, 6.45) is 2.48. The third-order valence-electron chi connectivity index (χ3n) is 4.14. The molecular formula is C17H21N3OS2. The highest BCUT2D eigenvalue weighted by atomic mass is 32.2. The first-order valence-corrected chi connectivity index (χ1v) is 9.70. The fourth-order valence-electron chi connectivity index (χ4n) is 2.62. The lowest BCUT2D eigenvalue weighted by Crippen LogP contribution is -2.40. The number of hydrogen-bond donors (Lipinski definition) is 0. The SMILES string of the molecule is Cc1nnc(SCC(=O)N(Cc2ccccc2)C(C)C2CC2)s1. The topological polar surface area (TPSA) is 46.1 Å². The van der Waals surface area contributed by atoms with Crippen LogP contribution in [-0.2, 0) is 11.3 Å². The normalized spacial score (nSPS) is 15.4. The van der Waals surface area contributed by atoms with Crippen LogP contribution in [0.1, 0.15) is 30.3 Å². The molecule has 1 atom stereocenters. The Morgan fingerprint density at radius 2 is 2.09 bits per heavy atom. The Hall–Kier alpha value is -1.40. The van der Waals surface area contributed by atoms with Gasteiger partial charge in [-0.3, -0.25) is 4.79 Å². The average molecular weight is 348 g/mol. The van der Waals surface area contributed by atoms with Gasteiger partial charge in [0.15, 0.2) is 4.34 Å². The third-order valence-corrected chi connectivity index (χ3v) is 6.10. The Morgan fingerprint density at radius 1 is 1.35 bits per heavy atom. The average Bonchev–Trinajstić information content (AvgIpc) is 3.33. The molecule has 1 aliphatic rings. The molecule has 3 rings (SSSR count). The van der Waals surface area contributed by atoms with Crippen LogP contribution in [0.15, 0.2) is 34.7 Å². The van der Waals surface area contributed by atoms with Gasteiger partial charge in [0.25, 0.3) is 0 Å². The second kappa shape index (κ2) is 7.45. The van der Waals surface area contributed by atoms with E-state index < -0.39 is 0 Å². The van der Waals surface area contributed by atoms with E-state index in [-0.39, 0.29) is 5.91 Å². The molecule has 0 aliphatic heterocycles. The van der Waals surface area contributed by atoms with Gasteiger partial charge in [-0.1, -0.05) is 53.4 Å². The number of aryl methyl sites for hydroxylation is 1. The number of carbonyl (C=O) groups is 1. The van der Waals surface area contributed by atoms with Gasteiger partial charge >= 0.3 is 0 Å². The van der Waals surface area contributed by atoms with Crippen LogP contribution in [0.25, 0.3) is 0 Å². The van der Waals surface area contributed by atoms with Crippen LogP contribution >= 0.6 is 23.1 Å². The summed E-state index contributed by atoms with van der Waals surface area (Å²) in [5.74, 6) is 1.28. The third kappa shape index (κ3) is 4.54. The largest absolute Gasteiger partial charge is 0.335 e. The van der Waals surface area contributed by atoms with E-state index in [1.807, 2.05) is 30.0 Å². The van der Waals surface area contributed by atoms with Gasteiger partial charge in [0.1, 0.15) is 5.01 Å². The van der Waals surface area contributed by atoms with Crippen molar-refractivity contribution in [2.24, 2.45) is 5.92 Å². The maximum absolute atomic E-state index is 12.8. The van der Waals surface area contributed by atoms with Crippen molar-refractivity contribution in [2.75, 3.05) is 5.75 Å². The van der Waals surface area contributed by atoms with Crippen molar-refractivity contribution in [1.82, 2.24) is 15.1 Å². The lowest BCUT2D eigenvalue weighted by atomic mass is 10.1. The lowest BCUT2D eigenvalue weighted by Gasteiger charge is -2.29. The molecule has 1 aromatic heterocycles. The molecule has 4 nitrogen and oxygen atoms in total. The fraction of sp³-hybridized carbons (Fsp3) is 0.471.